The minimum absolute atomic E-state index is 0.0401. The van der Waals surface area contributed by atoms with Gasteiger partial charge in [-0.05, 0) is 6.07 Å². The Kier molecular flexibility index (Phi) is 4.77. The van der Waals surface area contributed by atoms with Gasteiger partial charge < -0.3 is 19.0 Å². The van der Waals surface area contributed by atoms with Gasteiger partial charge in [-0.2, -0.15) is 0 Å². The second-order valence-electron chi connectivity index (χ2n) is 4.73. The summed E-state index contributed by atoms with van der Waals surface area (Å²) in [7, 11) is 1.37. The normalized spacial score (nSPS) is 11.5. The molecule has 0 aliphatic carbocycles. The SMILES string of the molecule is COC=C(C(=O)O)c1ccccc1Oc1nnc(C(C)C)o1. The van der Waals surface area contributed by atoms with E-state index in [9.17, 15) is 9.90 Å². The molecule has 7 heteroatoms. The number of ether oxygens (including phenoxy) is 2. The molecule has 1 N–H and O–H groups in total. The van der Waals surface area contributed by atoms with Crippen molar-refractivity contribution in [1.29, 1.82) is 0 Å². The van der Waals surface area contributed by atoms with E-state index < -0.39 is 5.97 Å². The minimum atomic E-state index is -1.13. The van der Waals surface area contributed by atoms with Crippen molar-refractivity contribution < 1.29 is 23.8 Å². The second kappa shape index (κ2) is 6.75. The van der Waals surface area contributed by atoms with Gasteiger partial charge in [-0.15, -0.1) is 5.10 Å². The number of methoxy groups -OCH3 is 1. The molecule has 0 saturated carbocycles. The van der Waals surface area contributed by atoms with Gasteiger partial charge in [0.25, 0.3) is 0 Å². The number of aromatic nitrogens is 2. The highest BCUT2D eigenvalue weighted by atomic mass is 16.6. The molecule has 0 unspecified atom stereocenters. The van der Waals surface area contributed by atoms with Crippen molar-refractivity contribution in [1.82, 2.24) is 10.2 Å². The molecule has 1 heterocycles. The van der Waals surface area contributed by atoms with E-state index in [1.165, 1.54) is 7.11 Å². The monoisotopic (exact) mass is 304 g/mol. The molecule has 2 rings (SSSR count). The van der Waals surface area contributed by atoms with Gasteiger partial charge >= 0.3 is 12.0 Å². The predicted octanol–water partition coefficient (Wildman–Crippen LogP) is 3.06. The number of carbonyl (C=O) groups is 1. The van der Waals surface area contributed by atoms with Crippen LogP contribution < -0.4 is 4.74 Å². The Morgan fingerprint density at radius 3 is 2.64 bits per heavy atom. The molecule has 22 heavy (non-hydrogen) atoms. The average molecular weight is 304 g/mol. The maximum atomic E-state index is 11.3. The van der Waals surface area contributed by atoms with Crippen molar-refractivity contribution in [3.05, 3.63) is 42.0 Å². The number of benzene rings is 1. The van der Waals surface area contributed by atoms with Crippen LogP contribution >= 0.6 is 0 Å². The van der Waals surface area contributed by atoms with Crippen molar-refractivity contribution in [2.24, 2.45) is 0 Å². The molecule has 7 nitrogen and oxygen atoms in total. The Hall–Kier alpha value is -2.83. The van der Waals surface area contributed by atoms with E-state index in [-0.39, 0.29) is 23.3 Å². The van der Waals surface area contributed by atoms with E-state index in [4.69, 9.17) is 13.9 Å². The van der Waals surface area contributed by atoms with Crippen LogP contribution in [0.15, 0.2) is 34.9 Å². The third kappa shape index (κ3) is 3.43. The first-order valence-electron chi connectivity index (χ1n) is 6.59. The van der Waals surface area contributed by atoms with E-state index >= 15 is 0 Å². The lowest BCUT2D eigenvalue weighted by Gasteiger charge is -2.08. The predicted molar refractivity (Wildman–Crippen MR) is 77.5 cm³/mol. The zero-order valence-electron chi connectivity index (χ0n) is 12.4. The van der Waals surface area contributed by atoms with Gasteiger partial charge in [0, 0.05) is 11.5 Å². The van der Waals surface area contributed by atoms with Crippen LogP contribution in [-0.2, 0) is 9.53 Å². The first-order valence-corrected chi connectivity index (χ1v) is 6.59. The van der Waals surface area contributed by atoms with E-state index in [1.807, 2.05) is 13.8 Å². The first kappa shape index (κ1) is 15.6. The summed E-state index contributed by atoms with van der Waals surface area (Å²) in [6.45, 7) is 3.82. The molecule has 116 valence electrons. The average Bonchev–Trinajstić information content (AvgIpc) is 2.94. The van der Waals surface area contributed by atoms with E-state index in [2.05, 4.69) is 10.2 Å². The molecule has 0 radical (unpaired) electrons. The number of carboxylic acid groups (broad SMARTS) is 1. The Balaban J connectivity index is 2.35. The van der Waals surface area contributed by atoms with Crippen LogP contribution in [0.1, 0.15) is 31.2 Å². The van der Waals surface area contributed by atoms with Gasteiger partial charge in [0.2, 0.25) is 5.89 Å². The summed E-state index contributed by atoms with van der Waals surface area (Å²) < 4.78 is 15.7. The van der Waals surface area contributed by atoms with Crippen LogP contribution in [0, 0.1) is 0 Å². The van der Waals surface area contributed by atoms with Crippen LogP contribution in [0.25, 0.3) is 5.57 Å². The number of carboxylic acids is 1. The number of para-hydroxylation sites is 1. The largest absolute Gasteiger partial charge is 0.503 e. The van der Waals surface area contributed by atoms with Gasteiger partial charge in [-0.3, -0.25) is 0 Å². The molecule has 0 saturated heterocycles. The number of rotatable bonds is 6. The molecule has 1 aromatic carbocycles. The van der Waals surface area contributed by atoms with Crippen LogP contribution in [0.5, 0.6) is 11.8 Å². The number of hydrogen-bond acceptors (Lipinski definition) is 6. The third-order valence-corrected chi connectivity index (χ3v) is 2.76. The highest BCUT2D eigenvalue weighted by Gasteiger charge is 2.18. The van der Waals surface area contributed by atoms with Crippen LogP contribution in [0.4, 0.5) is 0 Å². The van der Waals surface area contributed by atoms with Gasteiger partial charge in [0.05, 0.1) is 13.4 Å². The first-order chi connectivity index (χ1) is 10.5. The number of aliphatic carboxylic acids is 1. The Morgan fingerprint density at radius 2 is 2.05 bits per heavy atom. The van der Waals surface area contributed by atoms with Gasteiger partial charge in [0.15, 0.2) is 0 Å². The van der Waals surface area contributed by atoms with Crippen LogP contribution in [-0.4, -0.2) is 28.4 Å². The van der Waals surface area contributed by atoms with Crippen LogP contribution in [0.2, 0.25) is 0 Å². The topological polar surface area (TPSA) is 94.7 Å². The summed E-state index contributed by atoms with van der Waals surface area (Å²) in [5, 5.41) is 16.9. The summed E-state index contributed by atoms with van der Waals surface area (Å²) in [5.74, 6) is -0.333. The Labute approximate surface area is 127 Å². The van der Waals surface area contributed by atoms with Crippen molar-refractivity contribution >= 4 is 11.5 Å². The third-order valence-electron chi connectivity index (χ3n) is 2.76. The van der Waals surface area contributed by atoms with E-state index in [1.54, 1.807) is 24.3 Å². The fourth-order valence-corrected chi connectivity index (χ4v) is 1.71. The van der Waals surface area contributed by atoms with E-state index in [0.717, 1.165) is 6.26 Å². The van der Waals surface area contributed by atoms with Crippen molar-refractivity contribution in [2.45, 2.75) is 19.8 Å². The second-order valence-corrected chi connectivity index (χ2v) is 4.73. The molecular formula is C15H16N2O5. The van der Waals surface area contributed by atoms with Crippen LogP contribution in [0.3, 0.4) is 0 Å². The molecule has 1 aromatic heterocycles. The molecule has 2 aromatic rings. The molecule has 0 spiro atoms. The molecule has 0 fully saturated rings. The molecule has 0 amide bonds. The van der Waals surface area contributed by atoms with Crippen molar-refractivity contribution in [3.8, 4) is 11.8 Å². The standard InChI is InChI=1S/C15H16N2O5/c1-9(2)13-16-17-15(22-13)21-12-7-5-4-6-10(12)11(8-20-3)14(18)19/h4-9H,1-3H3,(H,18,19). The lowest BCUT2D eigenvalue weighted by Crippen LogP contribution is -2.02. The van der Waals surface area contributed by atoms with E-state index in [0.29, 0.717) is 11.5 Å². The molecular weight excluding hydrogens is 288 g/mol. The van der Waals surface area contributed by atoms with Crippen molar-refractivity contribution in [3.63, 3.8) is 0 Å². The maximum absolute atomic E-state index is 11.3. The minimum Gasteiger partial charge on any atom is -0.503 e. The highest BCUT2D eigenvalue weighted by molar-refractivity contribution is 6.15. The zero-order valence-corrected chi connectivity index (χ0v) is 12.4. The summed E-state index contributed by atoms with van der Waals surface area (Å²) in [6.07, 6.45) is 1.09. The van der Waals surface area contributed by atoms with Gasteiger partial charge in [-0.25, -0.2) is 4.79 Å². The fourth-order valence-electron chi connectivity index (χ4n) is 1.71. The zero-order chi connectivity index (χ0) is 16.1. The summed E-state index contributed by atoms with van der Waals surface area (Å²) in [6, 6.07) is 6.63. The van der Waals surface area contributed by atoms with Crippen molar-refractivity contribution in [2.75, 3.05) is 7.11 Å². The molecule has 0 atom stereocenters. The fraction of sp³-hybridized carbons (Fsp3) is 0.267. The smallest absolute Gasteiger partial charge is 0.420 e. The summed E-state index contributed by atoms with van der Waals surface area (Å²) >= 11 is 0. The molecule has 0 aliphatic heterocycles. The Bertz CT molecular complexity index is 691. The summed E-state index contributed by atoms with van der Waals surface area (Å²) in [4.78, 5) is 11.3. The highest BCUT2D eigenvalue weighted by Crippen LogP contribution is 2.30. The van der Waals surface area contributed by atoms with Gasteiger partial charge in [0.1, 0.15) is 11.3 Å². The lowest BCUT2D eigenvalue weighted by atomic mass is 10.1. The number of nitrogens with zero attached hydrogens (tertiary/aromatic N) is 2. The lowest BCUT2D eigenvalue weighted by molar-refractivity contribution is -0.130. The molecule has 0 aliphatic rings. The quantitative estimate of drug-likeness (QED) is 0.647. The summed E-state index contributed by atoms with van der Waals surface area (Å²) in [5.41, 5.74) is 0.308. The maximum Gasteiger partial charge on any atom is 0.420 e. The number of hydrogen-bond donors (Lipinski definition) is 1. The molecule has 0 bridgehead atoms. The van der Waals surface area contributed by atoms with Gasteiger partial charge in [-0.1, -0.05) is 37.1 Å². The Morgan fingerprint density at radius 1 is 1.32 bits per heavy atom.